The van der Waals surface area contributed by atoms with Crippen LogP contribution in [0, 0.1) is 22.7 Å². The number of nitriles is 1. The number of aromatic nitrogens is 2. The van der Waals surface area contributed by atoms with Gasteiger partial charge in [-0.15, -0.1) is 0 Å². The first-order valence-corrected chi connectivity index (χ1v) is 13.8. The first-order valence-electron chi connectivity index (χ1n) is 13.8. The summed E-state index contributed by atoms with van der Waals surface area (Å²) in [6, 6.07) is 6.41. The Balaban J connectivity index is 1.72. The molecule has 41 heavy (non-hydrogen) atoms. The minimum atomic E-state index is -1.28. The van der Waals surface area contributed by atoms with E-state index in [0.717, 1.165) is 16.7 Å². The lowest BCUT2D eigenvalue weighted by Gasteiger charge is -2.31. The first kappa shape index (κ1) is 28.5. The first-order chi connectivity index (χ1) is 19.4. The van der Waals surface area contributed by atoms with Gasteiger partial charge in [-0.25, -0.2) is 9.97 Å². The molecule has 1 aliphatic heterocycles. The smallest absolute Gasteiger partial charge is 0.249 e. The summed E-state index contributed by atoms with van der Waals surface area (Å²) in [7, 11) is 0. The van der Waals surface area contributed by atoms with Crippen LogP contribution in [0.5, 0.6) is 0 Å². The van der Waals surface area contributed by atoms with Crippen molar-refractivity contribution in [2.45, 2.75) is 84.1 Å². The Morgan fingerprint density at radius 3 is 2.71 bits per heavy atom. The number of carbonyl (C=O) groups excluding carboxylic acids is 2. The van der Waals surface area contributed by atoms with Gasteiger partial charge in [0.1, 0.15) is 35.6 Å². The molecule has 2 amide bonds. The Labute approximate surface area is 238 Å². The SMILES string of the molecule is CC(C)[C@H](O)C(=O)N[C@H]1Cc2ccc3c(c2)[C@](C#N)(CC3)c2oc(nc2-c2nc(CO)co2)[C@H](C(C)(C)C)NC1=O. The van der Waals surface area contributed by atoms with E-state index in [1.807, 2.05) is 39.0 Å². The lowest BCUT2D eigenvalue weighted by atomic mass is 9.79. The Morgan fingerprint density at radius 2 is 2.07 bits per heavy atom. The van der Waals surface area contributed by atoms with Crippen LogP contribution in [0.25, 0.3) is 11.6 Å². The molecule has 4 bridgehead atoms. The molecule has 4 N–H and O–H groups in total. The summed E-state index contributed by atoms with van der Waals surface area (Å²) in [6.45, 7) is 8.84. The van der Waals surface area contributed by atoms with Crippen molar-refractivity contribution in [2.75, 3.05) is 0 Å². The zero-order valence-electron chi connectivity index (χ0n) is 23.8. The lowest BCUT2D eigenvalue weighted by molar-refractivity contribution is -0.136. The highest BCUT2D eigenvalue weighted by Gasteiger charge is 2.48. The summed E-state index contributed by atoms with van der Waals surface area (Å²) in [4.78, 5) is 35.8. The summed E-state index contributed by atoms with van der Waals surface area (Å²) >= 11 is 0. The highest BCUT2D eigenvalue weighted by atomic mass is 16.4. The maximum atomic E-state index is 13.8. The van der Waals surface area contributed by atoms with E-state index < -0.39 is 40.8 Å². The van der Waals surface area contributed by atoms with Crippen LogP contribution in [-0.2, 0) is 34.5 Å². The number of aliphatic hydroxyl groups is 2. The van der Waals surface area contributed by atoms with E-state index in [0.29, 0.717) is 18.5 Å². The molecule has 2 aromatic heterocycles. The second-order valence-electron chi connectivity index (χ2n) is 12.3. The van der Waals surface area contributed by atoms with Crippen LogP contribution in [0.15, 0.2) is 33.3 Å². The fourth-order valence-corrected chi connectivity index (χ4v) is 5.50. The molecule has 2 aliphatic rings. The third-order valence-electron chi connectivity index (χ3n) is 7.91. The molecule has 11 nitrogen and oxygen atoms in total. The van der Waals surface area contributed by atoms with Crippen LogP contribution >= 0.6 is 0 Å². The number of amides is 2. The number of fused-ring (bicyclic) bond motifs is 4. The lowest BCUT2D eigenvalue weighted by Crippen LogP contribution is -2.53. The second kappa shape index (κ2) is 10.4. The highest BCUT2D eigenvalue weighted by Crippen LogP contribution is 2.49. The average molecular weight is 562 g/mol. The summed E-state index contributed by atoms with van der Waals surface area (Å²) in [5, 5.41) is 36.4. The quantitative estimate of drug-likeness (QED) is 0.365. The summed E-state index contributed by atoms with van der Waals surface area (Å²) < 4.78 is 12.1. The minimum absolute atomic E-state index is 0.0972. The van der Waals surface area contributed by atoms with E-state index in [-0.39, 0.29) is 42.2 Å². The molecular formula is C30H35N5O6. The number of hydrogen-bond acceptors (Lipinski definition) is 9. The molecule has 4 atom stereocenters. The maximum Gasteiger partial charge on any atom is 0.249 e. The van der Waals surface area contributed by atoms with Crippen LogP contribution in [0.1, 0.15) is 81.1 Å². The van der Waals surface area contributed by atoms with Gasteiger partial charge in [-0.2, -0.15) is 5.26 Å². The fraction of sp³-hybridized carbons (Fsp3) is 0.500. The predicted octanol–water partition coefficient (Wildman–Crippen LogP) is 2.84. The van der Waals surface area contributed by atoms with Crippen molar-refractivity contribution in [3.05, 3.63) is 58.5 Å². The predicted molar refractivity (Wildman–Crippen MR) is 146 cm³/mol. The van der Waals surface area contributed by atoms with Gasteiger partial charge in [-0.3, -0.25) is 9.59 Å². The number of rotatable bonds is 5. The number of carbonyl (C=O) groups is 2. The monoisotopic (exact) mass is 561 g/mol. The highest BCUT2D eigenvalue weighted by molar-refractivity contribution is 5.89. The third kappa shape index (κ3) is 5.02. The van der Waals surface area contributed by atoms with Crippen molar-refractivity contribution in [3.8, 4) is 17.7 Å². The normalized spacial score (nSPS) is 22.9. The number of aliphatic hydroxyl groups excluding tert-OH is 2. The van der Waals surface area contributed by atoms with Gasteiger partial charge in [-0.1, -0.05) is 52.8 Å². The van der Waals surface area contributed by atoms with Gasteiger partial charge in [0.05, 0.1) is 12.7 Å². The van der Waals surface area contributed by atoms with E-state index in [1.165, 1.54) is 6.26 Å². The fourth-order valence-electron chi connectivity index (χ4n) is 5.50. The Kier molecular flexibility index (Phi) is 7.26. The topological polar surface area (TPSA) is 175 Å². The molecule has 3 heterocycles. The second-order valence-corrected chi connectivity index (χ2v) is 12.3. The molecule has 0 spiro atoms. The number of benzene rings is 1. The van der Waals surface area contributed by atoms with Gasteiger partial charge in [-0.05, 0) is 40.9 Å². The van der Waals surface area contributed by atoms with Crippen molar-refractivity contribution in [1.82, 2.24) is 20.6 Å². The van der Waals surface area contributed by atoms with Crippen LogP contribution < -0.4 is 10.6 Å². The number of nitrogens with one attached hydrogen (secondary N) is 2. The van der Waals surface area contributed by atoms with Crippen LogP contribution in [-0.4, -0.2) is 44.1 Å². The number of oxazole rings is 2. The van der Waals surface area contributed by atoms with Crippen LogP contribution in [0.3, 0.4) is 0 Å². The van der Waals surface area contributed by atoms with Gasteiger partial charge in [0.2, 0.25) is 23.6 Å². The van der Waals surface area contributed by atoms with Crippen LogP contribution in [0.4, 0.5) is 0 Å². The molecule has 0 saturated heterocycles. The zero-order chi connectivity index (χ0) is 29.7. The summed E-state index contributed by atoms with van der Waals surface area (Å²) in [5.41, 5.74) is 1.15. The summed E-state index contributed by atoms with van der Waals surface area (Å²) in [5.74, 6) is -0.926. The molecule has 0 unspecified atom stereocenters. The van der Waals surface area contributed by atoms with E-state index >= 15 is 0 Å². The van der Waals surface area contributed by atoms with Gasteiger partial charge < -0.3 is 29.7 Å². The maximum absolute atomic E-state index is 13.8. The van der Waals surface area contributed by atoms with Gasteiger partial charge in [0.15, 0.2) is 11.5 Å². The molecule has 216 valence electrons. The average Bonchev–Trinajstić information content (AvgIpc) is 3.66. The van der Waals surface area contributed by atoms with Crippen LogP contribution in [0.2, 0.25) is 0 Å². The molecule has 0 radical (unpaired) electrons. The summed E-state index contributed by atoms with van der Waals surface area (Å²) in [6.07, 6.45) is 1.24. The van der Waals surface area contributed by atoms with Crippen molar-refractivity contribution >= 4 is 11.8 Å². The zero-order valence-corrected chi connectivity index (χ0v) is 23.8. The molecular weight excluding hydrogens is 526 g/mol. The largest absolute Gasteiger partial charge is 0.443 e. The molecule has 0 fully saturated rings. The number of hydrogen-bond donors (Lipinski definition) is 4. The van der Waals surface area contributed by atoms with Crippen molar-refractivity contribution in [1.29, 1.82) is 5.26 Å². The third-order valence-corrected chi connectivity index (χ3v) is 7.91. The Morgan fingerprint density at radius 1 is 1.32 bits per heavy atom. The van der Waals surface area contributed by atoms with Gasteiger partial charge >= 0.3 is 0 Å². The van der Waals surface area contributed by atoms with E-state index in [1.54, 1.807) is 13.8 Å². The number of nitrogens with zero attached hydrogens (tertiary/aromatic N) is 3. The van der Waals surface area contributed by atoms with Gasteiger partial charge in [0.25, 0.3) is 0 Å². The molecule has 11 heteroatoms. The standard InChI is InChI=1S/C30H35N5O6/c1-15(2)22(37)26(39)33-20-11-16-6-7-17-8-9-30(14-31,19(17)10-16)24-21(27-32-18(12-36)13-40-27)34-28(41-24)23(29(3,4)5)35-25(20)38/h6-7,10,13,15,20,22-23,36-37H,8-9,11-12H2,1-5H3,(H,33,39)(H,35,38)/t20-,22-,23+,30+/m0/s1. The number of aryl methyl sites for hydroxylation is 1. The van der Waals surface area contributed by atoms with Crippen molar-refractivity contribution in [2.24, 2.45) is 11.3 Å². The molecule has 5 rings (SSSR count). The van der Waals surface area contributed by atoms with E-state index in [9.17, 15) is 25.1 Å². The van der Waals surface area contributed by atoms with E-state index in [4.69, 9.17) is 13.8 Å². The Hall–Kier alpha value is -4.01. The van der Waals surface area contributed by atoms with E-state index in [2.05, 4.69) is 21.7 Å². The minimum Gasteiger partial charge on any atom is -0.443 e. The molecule has 1 aromatic carbocycles. The Bertz CT molecular complexity index is 1530. The van der Waals surface area contributed by atoms with Crippen molar-refractivity contribution < 1.29 is 28.6 Å². The van der Waals surface area contributed by atoms with Crippen molar-refractivity contribution in [3.63, 3.8) is 0 Å². The van der Waals surface area contributed by atoms with Gasteiger partial charge in [0, 0.05) is 6.42 Å². The molecule has 0 saturated carbocycles. The molecule has 1 aliphatic carbocycles. The molecule has 3 aromatic rings.